The van der Waals surface area contributed by atoms with Crippen LogP contribution in [0.15, 0.2) is 35.4 Å². The van der Waals surface area contributed by atoms with Gasteiger partial charge in [-0.15, -0.1) is 0 Å². The molecule has 5 nitrogen and oxygen atoms in total. The molecule has 120 valence electrons. The fourth-order valence-corrected chi connectivity index (χ4v) is 2.92. The van der Waals surface area contributed by atoms with Gasteiger partial charge in [0.1, 0.15) is 0 Å². The van der Waals surface area contributed by atoms with E-state index in [9.17, 15) is 4.79 Å². The van der Waals surface area contributed by atoms with Crippen LogP contribution in [0.1, 0.15) is 35.8 Å². The molecule has 1 amide bonds. The van der Waals surface area contributed by atoms with Crippen molar-refractivity contribution in [2.24, 2.45) is 5.10 Å². The highest BCUT2D eigenvalue weighted by molar-refractivity contribution is 6.06. The summed E-state index contributed by atoms with van der Waals surface area (Å²) < 4.78 is 0. The van der Waals surface area contributed by atoms with Gasteiger partial charge in [-0.25, -0.2) is 5.43 Å². The van der Waals surface area contributed by atoms with Crippen molar-refractivity contribution in [2.45, 2.75) is 26.7 Å². The molecule has 5 heteroatoms. The largest absolute Gasteiger partial charge is 0.303 e. The lowest BCUT2D eigenvalue weighted by atomic mass is 10.1. The summed E-state index contributed by atoms with van der Waals surface area (Å²) in [6, 6.07) is 9.51. The zero-order valence-electron chi connectivity index (χ0n) is 13.7. The Morgan fingerprint density at radius 2 is 2.04 bits per heavy atom. The number of pyridine rings is 1. The van der Waals surface area contributed by atoms with E-state index >= 15 is 0 Å². The predicted molar refractivity (Wildman–Crippen MR) is 92.7 cm³/mol. The number of carbonyl (C=O) groups excluding carboxylic acids is 1. The monoisotopic (exact) mass is 310 g/mol. The molecule has 0 bridgehead atoms. The summed E-state index contributed by atoms with van der Waals surface area (Å²) in [5.74, 6) is -0.169. The Labute approximate surface area is 136 Å². The number of para-hydroxylation sites is 1. The molecule has 2 aromatic rings. The summed E-state index contributed by atoms with van der Waals surface area (Å²) in [7, 11) is 0. The number of hydrogen-bond donors (Lipinski definition) is 1. The third-order valence-electron chi connectivity index (χ3n) is 4.28. The molecule has 1 aliphatic rings. The van der Waals surface area contributed by atoms with E-state index in [1.807, 2.05) is 37.3 Å². The molecule has 0 radical (unpaired) electrons. The standard InChI is InChI=1S/C18H22N4O/c1-3-22-10-8-14(9-11-22)20-21-18(23)16-12-13(2)19-17-7-5-4-6-15(16)17/h4-7,12H,3,8-11H2,1-2H3,(H,21,23). The summed E-state index contributed by atoms with van der Waals surface area (Å²) in [6.07, 6.45) is 1.84. The minimum absolute atomic E-state index is 0.169. The average molecular weight is 310 g/mol. The number of rotatable bonds is 3. The molecule has 1 saturated heterocycles. The fourth-order valence-electron chi connectivity index (χ4n) is 2.92. The lowest BCUT2D eigenvalue weighted by molar-refractivity contribution is 0.0956. The first-order valence-electron chi connectivity index (χ1n) is 8.12. The average Bonchev–Trinajstić information content (AvgIpc) is 2.59. The van der Waals surface area contributed by atoms with Gasteiger partial charge < -0.3 is 4.90 Å². The van der Waals surface area contributed by atoms with Gasteiger partial charge >= 0.3 is 0 Å². The number of nitrogens with zero attached hydrogens (tertiary/aromatic N) is 3. The number of likely N-dealkylation sites (tertiary alicyclic amines) is 1. The van der Waals surface area contributed by atoms with Crippen LogP contribution in [-0.2, 0) is 0 Å². The Hall–Kier alpha value is -2.27. The van der Waals surface area contributed by atoms with Crippen molar-refractivity contribution in [2.75, 3.05) is 19.6 Å². The van der Waals surface area contributed by atoms with Crippen molar-refractivity contribution in [3.8, 4) is 0 Å². The number of aromatic nitrogens is 1. The second-order valence-electron chi connectivity index (χ2n) is 5.88. The Balaban J connectivity index is 1.77. The lowest BCUT2D eigenvalue weighted by Gasteiger charge is -2.25. The van der Waals surface area contributed by atoms with Gasteiger partial charge in [0.25, 0.3) is 5.91 Å². The van der Waals surface area contributed by atoms with Crippen molar-refractivity contribution in [3.63, 3.8) is 0 Å². The van der Waals surface area contributed by atoms with Gasteiger partial charge in [-0.3, -0.25) is 9.78 Å². The first kappa shape index (κ1) is 15.6. The first-order chi connectivity index (χ1) is 11.2. The highest BCUT2D eigenvalue weighted by atomic mass is 16.2. The molecule has 0 atom stereocenters. The summed E-state index contributed by atoms with van der Waals surface area (Å²) in [4.78, 5) is 19.4. The van der Waals surface area contributed by atoms with Gasteiger partial charge in [0.2, 0.25) is 0 Å². The van der Waals surface area contributed by atoms with Crippen molar-refractivity contribution in [1.82, 2.24) is 15.3 Å². The molecule has 1 aliphatic heterocycles. The van der Waals surface area contributed by atoms with E-state index in [4.69, 9.17) is 0 Å². The van der Waals surface area contributed by atoms with Gasteiger partial charge in [0.15, 0.2) is 0 Å². The topological polar surface area (TPSA) is 57.6 Å². The maximum atomic E-state index is 12.5. The summed E-state index contributed by atoms with van der Waals surface area (Å²) in [5.41, 5.74) is 6.09. The SMILES string of the molecule is CCN1CCC(=NNC(=O)c2cc(C)nc3ccccc23)CC1. The van der Waals surface area contributed by atoms with Crippen molar-refractivity contribution < 1.29 is 4.79 Å². The molecule has 1 aromatic carbocycles. The quantitative estimate of drug-likeness (QED) is 0.887. The Morgan fingerprint density at radius 3 is 2.78 bits per heavy atom. The van der Waals surface area contributed by atoms with Gasteiger partial charge in [-0.05, 0) is 25.6 Å². The van der Waals surface area contributed by atoms with Crippen LogP contribution in [0.3, 0.4) is 0 Å². The summed E-state index contributed by atoms with van der Waals surface area (Å²) in [6.45, 7) is 7.17. The van der Waals surface area contributed by atoms with Crippen molar-refractivity contribution in [3.05, 3.63) is 41.6 Å². The molecule has 1 N–H and O–H groups in total. The van der Waals surface area contributed by atoms with Gasteiger partial charge in [0.05, 0.1) is 11.1 Å². The number of fused-ring (bicyclic) bond motifs is 1. The number of nitrogens with one attached hydrogen (secondary N) is 1. The molecule has 1 fully saturated rings. The number of aryl methyl sites for hydroxylation is 1. The normalized spacial score (nSPS) is 15.7. The van der Waals surface area contributed by atoms with E-state index in [1.165, 1.54) is 0 Å². The highest BCUT2D eigenvalue weighted by Crippen LogP contribution is 2.18. The van der Waals surface area contributed by atoms with E-state index < -0.39 is 0 Å². The fraction of sp³-hybridized carbons (Fsp3) is 0.389. The number of carbonyl (C=O) groups is 1. The van der Waals surface area contributed by atoms with Gasteiger partial charge in [-0.1, -0.05) is 25.1 Å². The molecule has 2 heterocycles. The van der Waals surface area contributed by atoms with Crippen LogP contribution < -0.4 is 5.43 Å². The second kappa shape index (κ2) is 6.87. The molecule has 1 aromatic heterocycles. The molecular formula is C18H22N4O. The molecule has 0 unspecified atom stereocenters. The van der Waals surface area contributed by atoms with Crippen LogP contribution in [0.25, 0.3) is 10.9 Å². The van der Waals surface area contributed by atoms with E-state index in [2.05, 4.69) is 27.3 Å². The zero-order valence-corrected chi connectivity index (χ0v) is 13.7. The minimum atomic E-state index is -0.169. The molecule has 0 aliphatic carbocycles. The molecule has 23 heavy (non-hydrogen) atoms. The number of amides is 1. The number of benzene rings is 1. The Kier molecular flexibility index (Phi) is 4.67. The summed E-state index contributed by atoms with van der Waals surface area (Å²) in [5, 5.41) is 5.19. The highest BCUT2D eigenvalue weighted by Gasteiger charge is 2.15. The van der Waals surface area contributed by atoms with Crippen LogP contribution in [0.5, 0.6) is 0 Å². The zero-order chi connectivity index (χ0) is 16.2. The van der Waals surface area contributed by atoms with Crippen LogP contribution in [0.4, 0.5) is 0 Å². The van der Waals surface area contributed by atoms with Crippen LogP contribution >= 0.6 is 0 Å². The first-order valence-corrected chi connectivity index (χ1v) is 8.12. The number of hydrogen-bond acceptors (Lipinski definition) is 4. The maximum Gasteiger partial charge on any atom is 0.272 e. The third-order valence-corrected chi connectivity index (χ3v) is 4.28. The van der Waals surface area contributed by atoms with Gasteiger partial charge in [-0.2, -0.15) is 5.10 Å². The molecular weight excluding hydrogens is 288 g/mol. The van der Waals surface area contributed by atoms with Crippen molar-refractivity contribution in [1.29, 1.82) is 0 Å². The molecule has 0 saturated carbocycles. The Morgan fingerprint density at radius 1 is 1.30 bits per heavy atom. The number of piperidine rings is 1. The van der Waals surface area contributed by atoms with Gasteiger partial charge in [0, 0.05) is 42.7 Å². The lowest BCUT2D eigenvalue weighted by Crippen LogP contribution is -2.34. The second-order valence-corrected chi connectivity index (χ2v) is 5.88. The predicted octanol–water partition coefficient (Wildman–Crippen LogP) is 2.74. The maximum absolute atomic E-state index is 12.5. The smallest absolute Gasteiger partial charge is 0.272 e. The minimum Gasteiger partial charge on any atom is -0.303 e. The van der Waals surface area contributed by atoms with Crippen LogP contribution in [0.2, 0.25) is 0 Å². The third kappa shape index (κ3) is 3.56. The van der Waals surface area contributed by atoms with E-state index in [1.54, 1.807) is 0 Å². The van der Waals surface area contributed by atoms with E-state index in [-0.39, 0.29) is 5.91 Å². The molecule has 3 rings (SSSR count). The van der Waals surface area contributed by atoms with E-state index in [0.29, 0.717) is 5.56 Å². The Bertz CT molecular complexity index is 744. The van der Waals surface area contributed by atoms with Crippen LogP contribution in [0, 0.1) is 6.92 Å². The van der Waals surface area contributed by atoms with E-state index in [0.717, 1.165) is 54.8 Å². The molecule has 0 spiro atoms. The summed E-state index contributed by atoms with van der Waals surface area (Å²) >= 11 is 0. The van der Waals surface area contributed by atoms with Crippen LogP contribution in [-0.4, -0.2) is 41.1 Å². The number of hydrazone groups is 1. The van der Waals surface area contributed by atoms with Crippen molar-refractivity contribution >= 4 is 22.5 Å².